The second-order valence-electron chi connectivity index (χ2n) is 7.41. The maximum Gasteiger partial charge on any atom is 0.231 e. The molecule has 2 aromatic carbocycles. The van der Waals surface area contributed by atoms with E-state index >= 15 is 0 Å². The molecule has 0 atom stereocenters. The zero-order valence-corrected chi connectivity index (χ0v) is 15.6. The average Bonchev–Trinajstić information content (AvgIpc) is 3.33. The first-order valence-electron chi connectivity index (χ1n) is 9.41. The molecule has 0 bridgehead atoms. The Morgan fingerprint density at radius 3 is 1.71 bits per heavy atom. The number of rotatable bonds is 2. The molecular formula is C23H20O5. The fraction of sp³-hybridized carbons (Fsp3) is 0.261. The second-order valence-corrected chi connectivity index (χ2v) is 7.41. The molecule has 0 N–H and O–H groups in total. The minimum Gasteiger partial charge on any atom is -0.454 e. The standard InChI is InChI=1S/C23H20O5/c1-14-6-17(8-15-2-4-19-21(10-15)27-12-25-19)23(24)18(7-14)9-16-3-5-20-22(11-16)28-13-26-20/h2-5,8-11,14H,6-7,12-13H2,1H3. The number of ether oxygens (including phenoxy) is 4. The summed E-state index contributed by atoms with van der Waals surface area (Å²) in [6.45, 7) is 2.66. The van der Waals surface area contributed by atoms with Gasteiger partial charge in [-0.25, -0.2) is 0 Å². The molecule has 3 aliphatic rings. The normalized spacial score (nSPS) is 22.9. The second kappa shape index (κ2) is 6.75. The van der Waals surface area contributed by atoms with Crippen molar-refractivity contribution in [2.45, 2.75) is 19.8 Å². The largest absolute Gasteiger partial charge is 0.454 e. The Morgan fingerprint density at radius 1 is 0.750 bits per heavy atom. The molecule has 5 rings (SSSR count). The lowest BCUT2D eigenvalue weighted by Crippen LogP contribution is -2.18. The lowest BCUT2D eigenvalue weighted by molar-refractivity contribution is -0.113. The molecule has 142 valence electrons. The topological polar surface area (TPSA) is 54.0 Å². The highest BCUT2D eigenvalue weighted by Gasteiger charge is 2.26. The summed E-state index contributed by atoms with van der Waals surface area (Å²) in [5.41, 5.74) is 3.54. The maximum absolute atomic E-state index is 13.1. The van der Waals surface area contributed by atoms with E-state index in [0.29, 0.717) is 5.92 Å². The number of allylic oxidation sites excluding steroid dienone is 2. The number of carbonyl (C=O) groups is 1. The molecule has 0 saturated heterocycles. The molecule has 0 radical (unpaired) electrons. The van der Waals surface area contributed by atoms with Gasteiger partial charge in [-0.3, -0.25) is 4.79 Å². The van der Waals surface area contributed by atoms with Crippen LogP contribution in [0.3, 0.4) is 0 Å². The van der Waals surface area contributed by atoms with E-state index in [2.05, 4.69) is 6.92 Å². The predicted octanol–water partition coefficient (Wildman–Crippen LogP) is 4.61. The van der Waals surface area contributed by atoms with Gasteiger partial charge in [0.15, 0.2) is 28.8 Å². The third-order valence-electron chi connectivity index (χ3n) is 5.20. The predicted molar refractivity (Wildman–Crippen MR) is 104 cm³/mol. The highest BCUT2D eigenvalue weighted by molar-refractivity contribution is 6.14. The van der Waals surface area contributed by atoms with Crippen molar-refractivity contribution in [2.75, 3.05) is 13.6 Å². The van der Waals surface area contributed by atoms with Crippen molar-refractivity contribution in [1.82, 2.24) is 0 Å². The fourth-order valence-corrected chi connectivity index (χ4v) is 3.87. The van der Waals surface area contributed by atoms with Crippen LogP contribution in [0, 0.1) is 5.92 Å². The monoisotopic (exact) mass is 376 g/mol. The van der Waals surface area contributed by atoms with E-state index in [1.54, 1.807) is 0 Å². The van der Waals surface area contributed by atoms with Gasteiger partial charge in [0.25, 0.3) is 0 Å². The van der Waals surface area contributed by atoms with Gasteiger partial charge in [0, 0.05) is 11.1 Å². The minimum atomic E-state index is 0.105. The smallest absolute Gasteiger partial charge is 0.231 e. The van der Waals surface area contributed by atoms with Crippen molar-refractivity contribution in [3.8, 4) is 23.0 Å². The van der Waals surface area contributed by atoms with Crippen LogP contribution in [-0.2, 0) is 4.79 Å². The van der Waals surface area contributed by atoms with Gasteiger partial charge in [0.2, 0.25) is 13.6 Å². The Morgan fingerprint density at radius 2 is 1.21 bits per heavy atom. The minimum absolute atomic E-state index is 0.105. The SMILES string of the molecule is CC1CC(=Cc2ccc3c(c2)OCO3)C(=O)C(=Cc2ccc3c(c2)OCO3)C1. The molecule has 28 heavy (non-hydrogen) atoms. The van der Waals surface area contributed by atoms with Crippen LogP contribution in [0.25, 0.3) is 12.2 Å². The molecule has 5 nitrogen and oxygen atoms in total. The molecule has 1 aliphatic carbocycles. The van der Waals surface area contributed by atoms with Crippen molar-refractivity contribution in [1.29, 1.82) is 0 Å². The Labute approximate surface area is 163 Å². The van der Waals surface area contributed by atoms with Crippen molar-refractivity contribution in [3.63, 3.8) is 0 Å². The van der Waals surface area contributed by atoms with E-state index < -0.39 is 0 Å². The van der Waals surface area contributed by atoms with Gasteiger partial charge in [0.05, 0.1) is 0 Å². The number of Topliss-reactive ketones (excluding diaryl/α,β-unsaturated/α-hetero) is 1. The van der Waals surface area contributed by atoms with E-state index in [9.17, 15) is 4.79 Å². The molecule has 1 fully saturated rings. The zero-order valence-electron chi connectivity index (χ0n) is 15.6. The summed E-state index contributed by atoms with van der Waals surface area (Å²) in [6.07, 6.45) is 5.47. The zero-order chi connectivity index (χ0) is 19.1. The van der Waals surface area contributed by atoms with Crippen LogP contribution in [0.5, 0.6) is 23.0 Å². The highest BCUT2D eigenvalue weighted by atomic mass is 16.7. The van der Waals surface area contributed by atoms with E-state index in [1.165, 1.54) is 0 Å². The van der Waals surface area contributed by atoms with Gasteiger partial charge >= 0.3 is 0 Å². The van der Waals surface area contributed by atoms with Crippen molar-refractivity contribution in [2.24, 2.45) is 5.92 Å². The van der Waals surface area contributed by atoms with Crippen LogP contribution in [0.4, 0.5) is 0 Å². The summed E-state index contributed by atoms with van der Waals surface area (Å²) < 4.78 is 21.6. The van der Waals surface area contributed by atoms with Crippen molar-refractivity contribution >= 4 is 17.9 Å². The summed E-state index contributed by atoms with van der Waals surface area (Å²) in [7, 11) is 0. The summed E-state index contributed by atoms with van der Waals surface area (Å²) in [5, 5.41) is 0. The number of hydrogen-bond donors (Lipinski definition) is 0. The number of fused-ring (bicyclic) bond motifs is 2. The van der Waals surface area contributed by atoms with Gasteiger partial charge in [0.1, 0.15) is 0 Å². The van der Waals surface area contributed by atoms with Crippen LogP contribution >= 0.6 is 0 Å². The molecule has 2 aromatic rings. The maximum atomic E-state index is 13.1. The summed E-state index contributed by atoms with van der Waals surface area (Å²) in [5.74, 6) is 3.44. The van der Waals surface area contributed by atoms with E-state index in [1.807, 2.05) is 48.6 Å². The first-order valence-corrected chi connectivity index (χ1v) is 9.41. The molecule has 2 heterocycles. The first kappa shape index (κ1) is 16.9. The molecule has 5 heteroatoms. The first-order chi connectivity index (χ1) is 13.7. The molecule has 2 aliphatic heterocycles. The quantitative estimate of drug-likeness (QED) is 0.717. The van der Waals surface area contributed by atoms with Crippen LogP contribution in [0.15, 0.2) is 47.5 Å². The molecule has 1 saturated carbocycles. The lowest BCUT2D eigenvalue weighted by atomic mass is 9.81. The Bertz CT molecular complexity index is 938. The average molecular weight is 376 g/mol. The summed E-state index contributed by atoms with van der Waals surface area (Å²) in [4.78, 5) is 13.1. The number of hydrogen-bond acceptors (Lipinski definition) is 5. The lowest BCUT2D eigenvalue weighted by Gasteiger charge is -2.22. The van der Waals surface area contributed by atoms with Gasteiger partial charge in [-0.05, 0) is 66.3 Å². The molecule has 0 aromatic heterocycles. The third-order valence-corrected chi connectivity index (χ3v) is 5.20. The summed E-state index contributed by atoms with van der Waals surface area (Å²) in [6, 6.07) is 11.5. The van der Waals surface area contributed by atoms with Crippen LogP contribution in [-0.4, -0.2) is 19.4 Å². The van der Waals surface area contributed by atoms with Crippen LogP contribution < -0.4 is 18.9 Å². The number of carbonyl (C=O) groups excluding carboxylic acids is 1. The van der Waals surface area contributed by atoms with E-state index in [-0.39, 0.29) is 19.4 Å². The molecular weight excluding hydrogens is 356 g/mol. The molecule has 0 amide bonds. The Hall–Kier alpha value is -3.21. The van der Waals surface area contributed by atoms with Gasteiger partial charge in [-0.1, -0.05) is 19.1 Å². The van der Waals surface area contributed by atoms with Crippen LogP contribution in [0.2, 0.25) is 0 Å². The van der Waals surface area contributed by atoms with Crippen molar-refractivity contribution in [3.05, 3.63) is 58.7 Å². The Balaban J connectivity index is 1.45. The Kier molecular flexibility index (Phi) is 4.08. The van der Waals surface area contributed by atoms with Gasteiger partial charge in [-0.15, -0.1) is 0 Å². The number of ketones is 1. The van der Waals surface area contributed by atoms with Gasteiger partial charge in [-0.2, -0.15) is 0 Å². The van der Waals surface area contributed by atoms with E-state index in [0.717, 1.165) is 58.1 Å². The van der Waals surface area contributed by atoms with Crippen molar-refractivity contribution < 1.29 is 23.7 Å². The summed E-state index contributed by atoms with van der Waals surface area (Å²) >= 11 is 0. The molecule has 0 spiro atoms. The highest BCUT2D eigenvalue weighted by Crippen LogP contribution is 2.37. The third kappa shape index (κ3) is 3.13. The van der Waals surface area contributed by atoms with Gasteiger partial charge < -0.3 is 18.9 Å². The molecule has 0 unspecified atom stereocenters. The van der Waals surface area contributed by atoms with Crippen LogP contribution in [0.1, 0.15) is 30.9 Å². The fourth-order valence-electron chi connectivity index (χ4n) is 3.87. The van der Waals surface area contributed by atoms with E-state index in [4.69, 9.17) is 18.9 Å². The number of benzene rings is 2.